The topological polar surface area (TPSA) is 86.3 Å². The highest BCUT2D eigenvalue weighted by Crippen LogP contribution is 2.27. The summed E-state index contributed by atoms with van der Waals surface area (Å²) in [7, 11) is 0. The molecule has 0 saturated carbocycles. The highest BCUT2D eigenvalue weighted by Gasteiger charge is 2.37. The van der Waals surface area contributed by atoms with Gasteiger partial charge in [-0.3, -0.25) is 9.59 Å². The van der Waals surface area contributed by atoms with Crippen LogP contribution in [-0.4, -0.2) is 44.1 Å². The van der Waals surface area contributed by atoms with Crippen LogP contribution in [0.5, 0.6) is 0 Å². The van der Waals surface area contributed by atoms with Crippen molar-refractivity contribution in [1.29, 1.82) is 0 Å². The Morgan fingerprint density at radius 3 is 2.92 bits per heavy atom. The summed E-state index contributed by atoms with van der Waals surface area (Å²) < 4.78 is 0. The largest absolute Gasteiger partial charge is 0.388 e. The van der Waals surface area contributed by atoms with Crippen LogP contribution in [0.2, 0.25) is 0 Å². The normalized spacial score (nSPS) is 18.0. The van der Waals surface area contributed by atoms with E-state index in [0.717, 1.165) is 12.8 Å². The number of aromatic nitrogens is 2. The smallest absolute Gasteiger partial charge is 0.258 e. The van der Waals surface area contributed by atoms with E-state index in [1.165, 1.54) is 0 Å². The van der Waals surface area contributed by atoms with Crippen molar-refractivity contribution in [2.45, 2.75) is 57.6 Å². The Bertz CT molecular complexity index is 823. The molecule has 0 radical (unpaired) electrons. The molecule has 1 fully saturated rings. The van der Waals surface area contributed by atoms with E-state index in [-0.39, 0.29) is 17.5 Å². The Balaban J connectivity index is 1.61. The lowest BCUT2D eigenvalue weighted by molar-refractivity contribution is -0.136. The van der Waals surface area contributed by atoms with Gasteiger partial charge < -0.3 is 15.0 Å². The molecule has 3 rings (SSSR count). The second-order valence-corrected chi connectivity index (χ2v) is 7.28. The third-order valence-corrected chi connectivity index (χ3v) is 4.85. The van der Waals surface area contributed by atoms with Crippen LogP contribution in [-0.2, 0) is 11.2 Å². The Hall–Kier alpha value is -2.21. The maximum absolute atomic E-state index is 12.5. The van der Waals surface area contributed by atoms with Gasteiger partial charge in [0.2, 0.25) is 5.91 Å². The Kier molecular flexibility index (Phi) is 4.90. The average molecular weight is 343 g/mol. The Morgan fingerprint density at radius 1 is 1.40 bits per heavy atom. The highest BCUT2D eigenvalue weighted by atomic mass is 16.3. The molecule has 0 spiro atoms. The van der Waals surface area contributed by atoms with Crippen molar-refractivity contribution in [3.8, 4) is 0 Å². The first-order valence-corrected chi connectivity index (χ1v) is 8.86. The Labute approximate surface area is 146 Å². The minimum absolute atomic E-state index is 0.0627. The maximum Gasteiger partial charge on any atom is 0.258 e. The summed E-state index contributed by atoms with van der Waals surface area (Å²) in [5.41, 5.74) is -0.347. The summed E-state index contributed by atoms with van der Waals surface area (Å²) in [5.74, 6) is 0.671. The molecule has 1 aromatic heterocycles. The van der Waals surface area contributed by atoms with Gasteiger partial charge in [0.15, 0.2) is 0 Å². The number of amides is 1. The number of hydrogen-bond donors (Lipinski definition) is 2. The molecule has 2 aromatic rings. The standard InChI is InChI=1S/C19H25N3O3/c1-19(2,25)15-9-6-12-22(15)17(23)11-5-10-16-20-14-8-4-3-7-13(14)18(24)21-16/h3-4,7-8,15,25H,5-6,9-12H2,1-2H3,(H,20,21,24). The molecule has 0 aliphatic carbocycles. The molecule has 2 N–H and O–H groups in total. The van der Waals surface area contributed by atoms with Crippen LogP contribution in [0, 0.1) is 0 Å². The molecular weight excluding hydrogens is 318 g/mol. The molecule has 134 valence electrons. The summed E-state index contributed by atoms with van der Waals surface area (Å²) in [6, 6.07) is 7.12. The number of hydrogen-bond acceptors (Lipinski definition) is 4. The molecule has 0 bridgehead atoms. The zero-order valence-corrected chi connectivity index (χ0v) is 14.8. The lowest BCUT2D eigenvalue weighted by Gasteiger charge is -2.33. The van der Waals surface area contributed by atoms with Crippen LogP contribution in [0.4, 0.5) is 0 Å². The fourth-order valence-electron chi connectivity index (χ4n) is 3.60. The van der Waals surface area contributed by atoms with E-state index < -0.39 is 5.60 Å². The number of aliphatic hydroxyl groups is 1. The van der Waals surface area contributed by atoms with Gasteiger partial charge in [-0.15, -0.1) is 0 Å². The second-order valence-electron chi connectivity index (χ2n) is 7.28. The van der Waals surface area contributed by atoms with Gasteiger partial charge in [0, 0.05) is 19.4 Å². The van der Waals surface area contributed by atoms with Crippen molar-refractivity contribution >= 4 is 16.8 Å². The molecule has 1 unspecified atom stereocenters. The molecule has 6 heteroatoms. The number of para-hydroxylation sites is 1. The number of H-pyrrole nitrogens is 1. The Morgan fingerprint density at radius 2 is 2.16 bits per heavy atom. The van der Waals surface area contributed by atoms with Gasteiger partial charge in [0.1, 0.15) is 5.82 Å². The first kappa shape index (κ1) is 17.6. The van der Waals surface area contributed by atoms with E-state index >= 15 is 0 Å². The number of nitrogens with one attached hydrogen (secondary N) is 1. The third-order valence-electron chi connectivity index (χ3n) is 4.85. The number of carbonyl (C=O) groups excluding carboxylic acids is 1. The van der Waals surface area contributed by atoms with Gasteiger partial charge in [-0.1, -0.05) is 12.1 Å². The molecule has 1 aliphatic heterocycles. The van der Waals surface area contributed by atoms with Gasteiger partial charge in [0.05, 0.1) is 22.5 Å². The number of nitrogens with zero attached hydrogens (tertiary/aromatic N) is 2. The van der Waals surface area contributed by atoms with Gasteiger partial charge in [-0.2, -0.15) is 0 Å². The molecule has 1 amide bonds. The lowest BCUT2D eigenvalue weighted by Crippen LogP contribution is -2.48. The molecule has 1 aliphatic rings. The van der Waals surface area contributed by atoms with E-state index in [9.17, 15) is 14.7 Å². The van der Waals surface area contributed by atoms with Crippen molar-refractivity contribution in [3.05, 3.63) is 40.4 Å². The summed E-state index contributed by atoms with van der Waals surface area (Å²) >= 11 is 0. The second kappa shape index (κ2) is 6.96. The summed E-state index contributed by atoms with van der Waals surface area (Å²) in [5, 5.41) is 10.8. The lowest BCUT2D eigenvalue weighted by atomic mass is 9.96. The molecule has 1 atom stereocenters. The van der Waals surface area contributed by atoms with Crippen LogP contribution in [0.25, 0.3) is 10.9 Å². The van der Waals surface area contributed by atoms with Crippen LogP contribution in [0.3, 0.4) is 0 Å². The maximum atomic E-state index is 12.5. The van der Waals surface area contributed by atoms with Crippen LogP contribution in [0.15, 0.2) is 29.1 Å². The van der Waals surface area contributed by atoms with Crippen LogP contribution in [0.1, 0.15) is 45.4 Å². The van der Waals surface area contributed by atoms with Crippen molar-refractivity contribution in [2.75, 3.05) is 6.54 Å². The fourth-order valence-corrected chi connectivity index (χ4v) is 3.60. The van der Waals surface area contributed by atoms with E-state index in [2.05, 4.69) is 9.97 Å². The summed E-state index contributed by atoms with van der Waals surface area (Å²) in [6.07, 6.45) is 3.33. The first-order valence-electron chi connectivity index (χ1n) is 8.86. The van der Waals surface area contributed by atoms with Crippen molar-refractivity contribution < 1.29 is 9.90 Å². The van der Waals surface area contributed by atoms with Gasteiger partial charge in [-0.25, -0.2) is 4.98 Å². The predicted octanol–water partition coefficient (Wildman–Crippen LogP) is 2.01. The van der Waals surface area contributed by atoms with Crippen molar-refractivity contribution in [1.82, 2.24) is 14.9 Å². The monoisotopic (exact) mass is 343 g/mol. The zero-order chi connectivity index (χ0) is 18.0. The number of benzene rings is 1. The fraction of sp³-hybridized carbons (Fsp3) is 0.526. The molecule has 1 saturated heterocycles. The minimum atomic E-state index is -0.878. The predicted molar refractivity (Wildman–Crippen MR) is 96.3 cm³/mol. The van der Waals surface area contributed by atoms with Crippen molar-refractivity contribution in [2.24, 2.45) is 0 Å². The molecular formula is C19H25N3O3. The highest BCUT2D eigenvalue weighted by molar-refractivity contribution is 5.77. The van der Waals surface area contributed by atoms with Crippen molar-refractivity contribution in [3.63, 3.8) is 0 Å². The van der Waals surface area contributed by atoms with Crippen LogP contribution >= 0.6 is 0 Å². The third kappa shape index (κ3) is 3.90. The van der Waals surface area contributed by atoms with E-state index in [4.69, 9.17) is 0 Å². The van der Waals surface area contributed by atoms with E-state index in [1.807, 2.05) is 18.2 Å². The van der Waals surface area contributed by atoms with E-state index in [1.54, 1.807) is 24.8 Å². The number of fused-ring (bicyclic) bond motifs is 1. The first-order chi connectivity index (χ1) is 11.9. The zero-order valence-electron chi connectivity index (χ0n) is 14.8. The summed E-state index contributed by atoms with van der Waals surface area (Å²) in [6.45, 7) is 4.22. The van der Waals surface area contributed by atoms with Gasteiger partial charge in [0.25, 0.3) is 5.56 Å². The molecule has 25 heavy (non-hydrogen) atoms. The number of rotatable bonds is 5. The average Bonchev–Trinajstić information content (AvgIpc) is 3.05. The minimum Gasteiger partial charge on any atom is -0.388 e. The SMILES string of the molecule is CC(C)(O)C1CCCN1C(=O)CCCc1nc2ccccc2c(=O)[nH]1. The van der Waals surface area contributed by atoms with Gasteiger partial charge >= 0.3 is 0 Å². The number of aromatic amines is 1. The molecule has 6 nitrogen and oxygen atoms in total. The number of carbonyl (C=O) groups is 1. The number of likely N-dealkylation sites (tertiary alicyclic amines) is 1. The quantitative estimate of drug-likeness (QED) is 0.869. The molecule has 1 aromatic carbocycles. The van der Waals surface area contributed by atoms with Gasteiger partial charge in [-0.05, 0) is 45.2 Å². The van der Waals surface area contributed by atoms with E-state index in [0.29, 0.717) is 42.5 Å². The molecule has 2 heterocycles. The number of aryl methyl sites for hydroxylation is 1. The van der Waals surface area contributed by atoms with Crippen LogP contribution < -0.4 is 5.56 Å². The summed E-state index contributed by atoms with van der Waals surface area (Å²) in [4.78, 5) is 33.6.